The lowest BCUT2D eigenvalue weighted by molar-refractivity contribution is 0.190. The Labute approximate surface area is 171 Å². The van der Waals surface area contributed by atoms with Crippen LogP contribution in [0.15, 0.2) is 0 Å². The quantitative estimate of drug-likeness (QED) is 0.207. The van der Waals surface area contributed by atoms with Crippen LogP contribution in [0, 0.1) is 0 Å². The molecule has 0 spiro atoms. The highest BCUT2D eigenvalue weighted by atomic mass is 31.1. The Bertz CT molecular complexity index is 376. The Morgan fingerprint density at radius 2 is 1.14 bits per heavy atom. The zero-order valence-electron chi connectivity index (χ0n) is 17.9. The molecule has 2 nitrogen and oxygen atoms in total. The topological polar surface area (TPSA) is 18.5 Å². The molecular formula is C19H39BF4O2PSi-. The fourth-order valence-corrected chi connectivity index (χ4v) is 12.3. The molecule has 2 aliphatic carbocycles. The lowest BCUT2D eigenvalue weighted by Crippen LogP contribution is -2.40. The SMILES string of the molecule is CCO[Si](C)(CCP(C1CCCCC1)C1CCCCC1)OCC.F[B-](F)(F)F. The van der Waals surface area contributed by atoms with Gasteiger partial charge in [-0.1, -0.05) is 38.5 Å². The van der Waals surface area contributed by atoms with Crippen molar-refractivity contribution in [2.24, 2.45) is 0 Å². The molecule has 0 aliphatic heterocycles. The molecule has 0 aromatic heterocycles. The Morgan fingerprint density at radius 3 is 1.46 bits per heavy atom. The standard InChI is InChI=1S/C19H39O2PSi.BF4/c1-4-20-23(3,21-5-2)17-16-22(18-12-8-6-9-13-18)19-14-10-7-11-15-19;2-1(3,4)5/h18-19H,4-17H2,1-3H3;/q;-1. The first-order chi connectivity index (χ1) is 13.2. The van der Waals surface area contributed by atoms with Gasteiger partial charge in [-0.15, -0.1) is 7.92 Å². The van der Waals surface area contributed by atoms with Crippen molar-refractivity contribution in [1.82, 2.24) is 0 Å². The van der Waals surface area contributed by atoms with Crippen LogP contribution in [0.25, 0.3) is 0 Å². The van der Waals surface area contributed by atoms with Crippen LogP contribution in [0.4, 0.5) is 17.3 Å². The van der Waals surface area contributed by atoms with Crippen LogP contribution in [0.5, 0.6) is 0 Å². The third kappa shape index (κ3) is 11.5. The van der Waals surface area contributed by atoms with Crippen molar-refractivity contribution in [1.29, 1.82) is 0 Å². The van der Waals surface area contributed by atoms with Gasteiger partial charge < -0.3 is 26.1 Å². The molecule has 2 aliphatic rings. The molecule has 28 heavy (non-hydrogen) atoms. The summed E-state index contributed by atoms with van der Waals surface area (Å²) in [5, 5.41) is 0. The van der Waals surface area contributed by atoms with Gasteiger partial charge in [-0.2, -0.15) is 0 Å². The summed E-state index contributed by atoms with van der Waals surface area (Å²) >= 11 is 0. The van der Waals surface area contributed by atoms with Crippen molar-refractivity contribution >= 4 is 23.7 Å². The van der Waals surface area contributed by atoms with Gasteiger partial charge in [0.1, 0.15) is 0 Å². The maximum absolute atomic E-state index is 9.75. The zero-order chi connectivity index (χ0) is 21.0. The van der Waals surface area contributed by atoms with Crippen LogP contribution in [0.3, 0.4) is 0 Å². The number of rotatable bonds is 9. The third-order valence-electron chi connectivity index (χ3n) is 5.81. The normalized spacial score (nSPS) is 20.1. The molecule has 0 amide bonds. The van der Waals surface area contributed by atoms with Crippen molar-refractivity contribution in [3.63, 3.8) is 0 Å². The second kappa shape index (κ2) is 13.6. The fraction of sp³-hybridized carbons (Fsp3) is 1.00. The van der Waals surface area contributed by atoms with Crippen LogP contribution < -0.4 is 0 Å². The first-order valence-electron chi connectivity index (χ1n) is 11.1. The highest BCUT2D eigenvalue weighted by Crippen LogP contribution is 2.56. The van der Waals surface area contributed by atoms with Crippen LogP contribution in [-0.2, 0) is 8.85 Å². The lowest BCUT2D eigenvalue weighted by Gasteiger charge is -2.40. The monoisotopic (exact) mass is 445 g/mol. The summed E-state index contributed by atoms with van der Waals surface area (Å²) in [5.41, 5.74) is 2.12. The van der Waals surface area contributed by atoms with Gasteiger partial charge >= 0.3 is 15.8 Å². The molecule has 0 aromatic rings. The molecule has 0 radical (unpaired) electrons. The highest BCUT2D eigenvalue weighted by Gasteiger charge is 2.36. The van der Waals surface area contributed by atoms with Gasteiger partial charge in [-0.05, 0) is 69.6 Å². The van der Waals surface area contributed by atoms with Crippen molar-refractivity contribution in [2.75, 3.05) is 19.4 Å². The predicted molar refractivity (Wildman–Crippen MR) is 115 cm³/mol. The summed E-state index contributed by atoms with van der Waals surface area (Å²) in [6.07, 6.45) is 16.4. The second-order valence-corrected chi connectivity index (χ2v) is 14.3. The van der Waals surface area contributed by atoms with Gasteiger partial charge in [0.05, 0.1) is 0 Å². The van der Waals surface area contributed by atoms with E-state index in [1.807, 2.05) is 0 Å². The van der Waals surface area contributed by atoms with E-state index >= 15 is 0 Å². The summed E-state index contributed by atoms with van der Waals surface area (Å²) in [6, 6.07) is 1.23. The molecule has 2 fully saturated rings. The third-order valence-corrected chi connectivity index (χ3v) is 12.8. The molecular weight excluding hydrogens is 406 g/mol. The van der Waals surface area contributed by atoms with Crippen molar-refractivity contribution in [3.8, 4) is 0 Å². The van der Waals surface area contributed by atoms with Gasteiger partial charge in [0, 0.05) is 13.2 Å². The van der Waals surface area contributed by atoms with E-state index < -0.39 is 15.8 Å². The molecule has 0 aromatic carbocycles. The minimum absolute atomic E-state index is 0.192. The molecule has 0 atom stereocenters. The van der Waals surface area contributed by atoms with E-state index in [0.29, 0.717) is 0 Å². The number of hydrogen-bond acceptors (Lipinski definition) is 2. The highest BCUT2D eigenvalue weighted by molar-refractivity contribution is 7.59. The van der Waals surface area contributed by atoms with E-state index in [-0.39, 0.29) is 7.92 Å². The minimum Gasteiger partial charge on any atom is -0.418 e. The summed E-state index contributed by atoms with van der Waals surface area (Å²) < 4.78 is 51.2. The zero-order valence-corrected chi connectivity index (χ0v) is 19.8. The van der Waals surface area contributed by atoms with E-state index in [2.05, 4.69) is 20.4 Å². The molecule has 0 heterocycles. The van der Waals surface area contributed by atoms with Crippen LogP contribution in [0.1, 0.15) is 78.1 Å². The Morgan fingerprint density at radius 1 is 0.786 bits per heavy atom. The smallest absolute Gasteiger partial charge is 0.418 e. The fourth-order valence-electron chi connectivity index (χ4n) is 4.62. The van der Waals surface area contributed by atoms with Crippen LogP contribution in [0.2, 0.25) is 12.6 Å². The molecule has 0 saturated heterocycles. The molecule has 0 unspecified atom stereocenters. The Hall–Kier alpha value is 0.352. The summed E-state index contributed by atoms with van der Waals surface area (Å²) in [6.45, 7) is 8.17. The summed E-state index contributed by atoms with van der Waals surface area (Å²) in [5.74, 6) is 0. The summed E-state index contributed by atoms with van der Waals surface area (Å²) in [7, 11) is -7.73. The first kappa shape index (κ1) is 26.4. The minimum atomic E-state index is -6.00. The maximum Gasteiger partial charge on any atom is 0.673 e. The Kier molecular flexibility index (Phi) is 12.8. The Balaban J connectivity index is 0.000000696. The van der Waals surface area contributed by atoms with Gasteiger partial charge in [-0.3, -0.25) is 0 Å². The van der Waals surface area contributed by atoms with E-state index in [1.165, 1.54) is 76.4 Å². The summed E-state index contributed by atoms with van der Waals surface area (Å²) in [4.78, 5) is 0. The number of halogens is 4. The molecule has 168 valence electrons. The van der Waals surface area contributed by atoms with Gasteiger partial charge in [0.25, 0.3) is 0 Å². The lowest BCUT2D eigenvalue weighted by atomic mass is 9.99. The van der Waals surface area contributed by atoms with E-state index in [0.717, 1.165) is 24.5 Å². The average Bonchev–Trinajstić information content (AvgIpc) is 2.63. The molecule has 2 saturated carbocycles. The van der Waals surface area contributed by atoms with E-state index in [9.17, 15) is 17.3 Å². The average molecular weight is 445 g/mol. The van der Waals surface area contributed by atoms with Crippen molar-refractivity contribution in [2.45, 2.75) is 102 Å². The van der Waals surface area contributed by atoms with E-state index in [1.54, 1.807) is 0 Å². The maximum atomic E-state index is 9.75. The largest absolute Gasteiger partial charge is 0.673 e. The van der Waals surface area contributed by atoms with Gasteiger partial charge in [-0.25, -0.2) is 0 Å². The molecule has 0 bridgehead atoms. The predicted octanol–water partition coefficient (Wildman–Crippen LogP) is 7.58. The van der Waals surface area contributed by atoms with Gasteiger partial charge in [0.2, 0.25) is 0 Å². The van der Waals surface area contributed by atoms with Gasteiger partial charge in [0.15, 0.2) is 0 Å². The van der Waals surface area contributed by atoms with E-state index in [4.69, 9.17) is 8.85 Å². The first-order valence-corrected chi connectivity index (χ1v) is 15.3. The molecule has 0 N–H and O–H groups in total. The van der Waals surface area contributed by atoms with Crippen molar-refractivity contribution in [3.05, 3.63) is 0 Å². The molecule has 9 heteroatoms. The number of hydrogen-bond donors (Lipinski definition) is 0. The molecule has 2 rings (SSSR count). The van der Waals surface area contributed by atoms with Crippen LogP contribution >= 0.6 is 7.92 Å². The second-order valence-electron chi connectivity index (χ2n) is 8.07. The van der Waals surface area contributed by atoms with Crippen molar-refractivity contribution < 1.29 is 26.1 Å². The van der Waals surface area contributed by atoms with Crippen LogP contribution in [-0.4, -0.2) is 46.5 Å².